The topological polar surface area (TPSA) is 38.3 Å². The number of ether oxygens (including phenoxy) is 1. The molecule has 3 aromatic rings. The summed E-state index contributed by atoms with van der Waals surface area (Å²) in [4.78, 5) is 12.1. The zero-order valence-electron chi connectivity index (χ0n) is 13.2. The van der Waals surface area contributed by atoms with E-state index in [1.54, 1.807) is 6.07 Å². The summed E-state index contributed by atoms with van der Waals surface area (Å²) in [5.74, 6) is -2.16. The monoisotopic (exact) mass is 339 g/mol. The molecule has 0 bridgehead atoms. The first-order valence-electron chi connectivity index (χ1n) is 7.65. The molecule has 25 heavy (non-hydrogen) atoms. The summed E-state index contributed by atoms with van der Waals surface area (Å²) in [5.41, 5.74) is 2.45. The number of amides is 1. The van der Waals surface area contributed by atoms with Gasteiger partial charge in [-0.3, -0.25) is 4.79 Å². The molecule has 3 nitrogen and oxygen atoms in total. The molecule has 0 aliphatic heterocycles. The van der Waals surface area contributed by atoms with E-state index in [1.807, 2.05) is 48.5 Å². The van der Waals surface area contributed by atoms with Crippen molar-refractivity contribution in [2.24, 2.45) is 0 Å². The molecule has 0 spiro atoms. The summed E-state index contributed by atoms with van der Waals surface area (Å²) >= 11 is 0. The average molecular weight is 339 g/mol. The van der Waals surface area contributed by atoms with Crippen LogP contribution in [0.15, 0.2) is 72.8 Å². The highest BCUT2D eigenvalue weighted by Gasteiger charge is 2.11. The van der Waals surface area contributed by atoms with Gasteiger partial charge < -0.3 is 10.1 Å². The molecule has 0 atom stereocenters. The van der Waals surface area contributed by atoms with Crippen molar-refractivity contribution in [2.45, 2.75) is 0 Å². The number of anilines is 1. The van der Waals surface area contributed by atoms with Crippen LogP contribution in [0.3, 0.4) is 0 Å². The molecule has 0 unspecified atom stereocenters. The molecular formula is C20H15F2NO2. The maximum absolute atomic E-state index is 13.5. The number of carbonyl (C=O) groups excluding carboxylic acids is 1. The predicted octanol–water partition coefficient (Wildman–Crippen LogP) is 4.65. The summed E-state index contributed by atoms with van der Waals surface area (Å²) in [6, 6.07) is 19.9. The minimum Gasteiger partial charge on any atom is -0.481 e. The molecule has 0 radical (unpaired) electrons. The summed E-state index contributed by atoms with van der Waals surface area (Å²) in [5, 5.41) is 2.75. The lowest BCUT2D eigenvalue weighted by atomic mass is 10.0. The van der Waals surface area contributed by atoms with Gasteiger partial charge in [0.05, 0.1) is 0 Å². The highest BCUT2D eigenvalue weighted by molar-refractivity contribution is 5.96. The molecule has 1 amide bonds. The molecule has 1 N–H and O–H groups in total. The number of hydrogen-bond donors (Lipinski definition) is 1. The van der Waals surface area contributed by atoms with Gasteiger partial charge in [-0.25, -0.2) is 8.78 Å². The summed E-state index contributed by atoms with van der Waals surface area (Å²) in [6.07, 6.45) is 0. The quantitative estimate of drug-likeness (QED) is 0.735. The fourth-order valence-corrected chi connectivity index (χ4v) is 2.38. The molecule has 0 saturated heterocycles. The molecule has 0 fully saturated rings. The van der Waals surface area contributed by atoms with Crippen molar-refractivity contribution < 1.29 is 18.3 Å². The van der Waals surface area contributed by atoms with Crippen molar-refractivity contribution >= 4 is 11.6 Å². The Hall–Kier alpha value is -3.21. The van der Waals surface area contributed by atoms with Crippen LogP contribution in [0.1, 0.15) is 0 Å². The molecule has 5 heteroatoms. The first-order chi connectivity index (χ1) is 12.1. The van der Waals surface area contributed by atoms with E-state index < -0.39 is 17.5 Å². The Morgan fingerprint density at radius 3 is 2.40 bits per heavy atom. The van der Waals surface area contributed by atoms with Crippen molar-refractivity contribution in [3.8, 4) is 16.9 Å². The number of benzene rings is 3. The zero-order valence-corrected chi connectivity index (χ0v) is 13.2. The van der Waals surface area contributed by atoms with E-state index >= 15 is 0 Å². The normalized spacial score (nSPS) is 10.3. The van der Waals surface area contributed by atoms with Gasteiger partial charge in [-0.05, 0) is 23.8 Å². The van der Waals surface area contributed by atoms with Crippen LogP contribution in [0.2, 0.25) is 0 Å². The van der Waals surface area contributed by atoms with E-state index in [0.29, 0.717) is 11.8 Å². The van der Waals surface area contributed by atoms with Crippen molar-refractivity contribution in [3.63, 3.8) is 0 Å². The second-order valence-corrected chi connectivity index (χ2v) is 5.32. The SMILES string of the molecule is O=C(COc1ccc(F)cc1F)Nc1ccccc1-c1ccccc1. The van der Waals surface area contributed by atoms with Gasteiger partial charge in [-0.15, -0.1) is 0 Å². The third-order valence-electron chi connectivity index (χ3n) is 3.54. The van der Waals surface area contributed by atoms with E-state index in [1.165, 1.54) is 0 Å². The Kier molecular flexibility index (Phi) is 5.04. The third-order valence-corrected chi connectivity index (χ3v) is 3.54. The highest BCUT2D eigenvalue weighted by atomic mass is 19.1. The molecule has 3 aromatic carbocycles. The Morgan fingerprint density at radius 2 is 1.64 bits per heavy atom. The molecular weight excluding hydrogens is 324 g/mol. The van der Waals surface area contributed by atoms with Crippen LogP contribution in [-0.4, -0.2) is 12.5 Å². The number of para-hydroxylation sites is 1. The van der Waals surface area contributed by atoms with Gasteiger partial charge in [0, 0.05) is 17.3 Å². The van der Waals surface area contributed by atoms with Crippen LogP contribution < -0.4 is 10.1 Å². The third kappa shape index (κ3) is 4.20. The fraction of sp³-hybridized carbons (Fsp3) is 0.0500. The van der Waals surface area contributed by atoms with Crippen molar-refractivity contribution in [1.82, 2.24) is 0 Å². The average Bonchev–Trinajstić information content (AvgIpc) is 2.62. The Balaban J connectivity index is 1.69. The maximum Gasteiger partial charge on any atom is 0.262 e. The van der Waals surface area contributed by atoms with E-state index in [0.717, 1.165) is 23.3 Å². The molecule has 126 valence electrons. The predicted molar refractivity (Wildman–Crippen MR) is 92.4 cm³/mol. The minimum absolute atomic E-state index is 0.173. The zero-order chi connectivity index (χ0) is 17.6. The highest BCUT2D eigenvalue weighted by Crippen LogP contribution is 2.27. The van der Waals surface area contributed by atoms with Crippen molar-refractivity contribution in [1.29, 1.82) is 0 Å². The van der Waals surface area contributed by atoms with E-state index in [4.69, 9.17) is 4.74 Å². The largest absolute Gasteiger partial charge is 0.481 e. The van der Waals surface area contributed by atoms with E-state index in [-0.39, 0.29) is 12.4 Å². The Labute approximate surface area is 143 Å². The van der Waals surface area contributed by atoms with Crippen LogP contribution in [0.25, 0.3) is 11.1 Å². The van der Waals surface area contributed by atoms with Crippen LogP contribution in [0.5, 0.6) is 5.75 Å². The summed E-state index contributed by atoms with van der Waals surface area (Å²) in [7, 11) is 0. The fourth-order valence-electron chi connectivity index (χ4n) is 2.38. The molecule has 0 heterocycles. The van der Waals surface area contributed by atoms with E-state index in [2.05, 4.69) is 5.32 Å². The van der Waals surface area contributed by atoms with Gasteiger partial charge in [0.1, 0.15) is 5.82 Å². The van der Waals surface area contributed by atoms with Crippen LogP contribution in [-0.2, 0) is 4.79 Å². The van der Waals surface area contributed by atoms with Crippen molar-refractivity contribution in [2.75, 3.05) is 11.9 Å². The maximum atomic E-state index is 13.5. The van der Waals surface area contributed by atoms with Gasteiger partial charge in [-0.2, -0.15) is 0 Å². The van der Waals surface area contributed by atoms with E-state index in [9.17, 15) is 13.6 Å². The van der Waals surface area contributed by atoms with Gasteiger partial charge in [0.25, 0.3) is 5.91 Å². The molecule has 3 rings (SSSR count). The number of carbonyl (C=O) groups is 1. The summed E-state index contributed by atoms with van der Waals surface area (Å²) in [6.45, 7) is -0.383. The Morgan fingerprint density at radius 1 is 0.920 bits per heavy atom. The number of rotatable bonds is 5. The molecule has 0 aliphatic carbocycles. The summed E-state index contributed by atoms with van der Waals surface area (Å²) < 4.78 is 31.5. The lowest BCUT2D eigenvalue weighted by Crippen LogP contribution is -2.20. The smallest absolute Gasteiger partial charge is 0.262 e. The minimum atomic E-state index is -0.850. The first-order valence-corrected chi connectivity index (χ1v) is 7.65. The van der Waals surface area contributed by atoms with Gasteiger partial charge in [0.2, 0.25) is 0 Å². The van der Waals surface area contributed by atoms with Gasteiger partial charge in [0.15, 0.2) is 18.2 Å². The van der Waals surface area contributed by atoms with Crippen LogP contribution >= 0.6 is 0 Å². The number of nitrogens with one attached hydrogen (secondary N) is 1. The molecule has 0 aliphatic rings. The lowest BCUT2D eigenvalue weighted by molar-refractivity contribution is -0.118. The van der Waals surface area contributed by atoms with Crippen LogP contribution in [0.4, 0.5) is 14.5 Å². The Bertz CT molecular complexity index is 882. The number of halogens is 2. The lowest BCUT2D eigenvalue weighted by Gasteiger charge is -2.12. The first kappa shape index (κ1) is 16.6. The second kappa shape index (κ2) is 7.57. The number of hydrogen-bond acceptors (Lipinski definition) is 2. The molecule has 0 aromatic heterocycles. The molecule has 0 saturated carbocycles. The van der Waals surface area contributed by atoms with Crippen LogP contribution in [0, 0.1) is 11.6 Å². The van der Waals surface area contributed by atoms with Gasteiger partial charge in [-0.1, -0.05) is 48.5 Å². The second-order valence-electron chi connectivity index (χ2n) is 5.32. The van der Waals surface area contributed by atoms with Gasteiger partial charge >= 0.3 is 0 Å². The standard InChI is InChI=1S/C20H15F2NO2/c21-15-10-11-19(17(22)12-15)25-13-20(24)23-18-9-5-4-8-16(18)14-6-2-1-3-7-14/h1-12H,13H2,(H,23,24). The van der Waals surface area contributed by atoms with Crippen molar-refractivity contribution in [3.05, 3.63) is 84.4 Å².